The topological polar surface area (TPSA) is 12.0 Å². The van der Waals surface area contributed by atoms with E-state index in [1.54, 1.807) is 0 Å². The van der Waals surface area contributed by atoms with Crippen molar-refractivity contribution in [2.45, 2.75) is 19.5 Å². The Morgan fingerprint density at radius 1 is 1.46 bits per heavy atom. The average molecular weight is 193 g/mol. The van der Waals surface area contributed by atoms with Crippen LogP contribution in [0.1, 0.15) is 11.1 Å². The first-order chi connectivity index (χ1) is 6.34. The van der Waals surface area contributed by atoms with Gasteiger partial charge in [-0.15, -0.1) is 0 Å². The molecule has 1 heterocycles. The van der Waals surface area contributed by atoms with E-state index in [2.05, 4.69) is 36.5 Å². The van der Waals surface area contributed by atoms with Crippen LogP contribution in [0.25, 0.3) is 0 Å². The molecule has 1 saturated heterocycles. The van der Waals surface area contributed by atoms with Crippen molar-refractivity contribution in [2.75, 3.05) is 11.5 Å². The van der Waals surface area contributed by atoms with Gasteiger partial charge in [0.05, 0.1) is 0 Å². The second-order valence-electron chi connectivity index (χ2n) is 3.60. The fourth-order valence-electron chi connectivity index (χ4n) is 1.44. The van der Waals surface area contributed by atoms with E-state index >= 15 is 0 Å². The van der Waals surface area contributed by atoms with Gasteiger partial charge in [0.1, 0.15) is 0 Å². The Balaban J connectivity index is 1.86. The zero-order valence-electron chi connectivity index (χ0n) is 7.92. The van der Waals surface area contributed by atoms with Gasteiger partial charge in [0.25, 0.3) is 0 Å². The van der Waals surface area contributed by atoms with Crippen LogP contribution < -0.4 is 5.32 Å². The third kappa shape index (κ3) is 2.48. The molecule has 0 spiro atoms. The maximum absolute atomic E-state index is 3.54. The van der Waals surface area contributed by atoms with Gasteiger partial charge < -0.3 is 5.32 Å². The van der Waals surface area contributed by atoms with Crippen LogP contribution in [0.15, 0.2) is 24.3 Å². The van der Waals surface area contributed by atoms with E-state index in [1.807, 2.05) is 11.8 Å². The van der Waals surface area contributed by atoms with E-state index in [4.69, 9.17) is 0 Å². The lowest BCUT2D eigenvalue weighted by atomic mass is 10.1. The quantitative estimate of drug-likeness (QED) is 0.790. The first kappa shape index (κ1) is 9.10. The third-order valence-corrected chi connectivity index (χ3v) is 3.59. The van der Waals surface area contributed by atoms with Gasteiger partial charge in [0, 0.05) is 24.1 Å². The molecule has 1 aliphatic rings. The molecule has 0 aromatic heterocycles. The Hall–Kier alpha value is -0.470. The summed E-state index contributed by atoms with van der Waals surface area (Å²) in [6.07, 6.45) is 0. The van der Waals surface area contributed by atoms with E-state index in [9.17, 15) is 0 Å². The van der Waals surface area contributed by atoms with Gasteiger partial charge in [-0.05, 0) is 12.5 Å². The van der Waals surface area contributed by atoms with Crippen molar-refractivity contribution in [3.05, 3.63) is 35.4 Å². The number of nitrogens with one attached hydrogen (secondary N) is 1. The SMILES string of the molecule is Cc1cccc(CNC2CSC2)c1. The molecule has 0 amide bonds. The largest absolute Gasteiger partial charge is 0.308 e. The first-order valence-electron chi connectivity index (χ1n) is 4.71. The van der Waals surface area contributed by atoms with Crippen molar-refractivity contribution >= 4 is 11.8 Å². The van der Waals surface area contributed by atoms with Gasteiger partial charge in [-0.25, -0.2) is 0 Å². The Morgan fingerprint density at radius 3 is 2.92 bits per heavy atom. The number of aryl methyl sites for hydroxylation is 1. The zero-order valence-corrected chi connectivity index (χ0v) is 8.73. The summed E-state index contributed by atoms with van der Waals surface area (Å²) in [5.74, 6) is 2.57. The summed E-state index contributed by atoms with van der Waals surface area (Å²) in [6.45, 7) is 3.16. The summed E-state index contributed by atoms with van der Waals surface area (Å²) in [7, 11) is 0. The fourth-order valence-corrected chi connectivity index (χ4v) is 2.14. The van der Waals surface area contributed by atoms with Gasteiger partial charge in [-0.2, -0.15) is 11.8 Å². The van der Waals surface area contributed by atoms with Crippen LogP contribution in [0.3, 0.4) is 0 Å². The van der Waals surface area contributed by atoms with Crippen LogP contribution in [0.4, 0.5) is 0 Å². The standard InChI is InChI=1S/C11H15NS/c1-9-3-2-4-10(5-9)6-12-11-7-13-8-11/h2-5,11-12H,6-8H2,1H3. The van der Waals surface area contributed by atoms with Crippen molar-refractivity contribution in [3.63, 3.8) is 0 Å². The van der Waals surface area contributed by atoms with Gasteiger partial charge in [-0.1, -0.05) is 29.8 Å². The van der Waals surface area contributed by atoms with Crippen LogP contribution in [0, 0.1) is 6.92 Å². The van der Waals surface area contributed by atoms with E-state index in [0.29, 0.717) is 0 Å². The van der Waals surface area contributed by atoms with Crippen molar-refractivity contribution in [1.29, 1.82) is 0 Å². The van der Waals surface area contributed by atoms with Crippen LogP contribution in [-0.2, 0) is 6.54 Å². The molecule has 2 heteroatoms. The molecule has 70 valence electrons. The molecule has 0 unspecified atom stereocenters. The highest BCUT2D eigenvalue weighted by molar-refractivity contribution is 8.00. The number of thioether (sulfide) groups is 1. The maximum atomic E-state index is 3.54. The monoisotopic (exact) mass is 193 g/mol. The Labute approximate surface area is 83.9 Å². The summed E-state index contributed by atoms with van der Waals surface area (Å²) in [5.41, 5.74) is 2.75. The second kappa shape index (κ2) is 4.16. The molecule has 1 nitrogen and oxygen atoms in total. The summed E-state index contributed by atoms with van der Waals surface area (Å²) in [6, 6.07) is 9.46. The van der Waals surface area contributed by atoms with Gasteiger partial charge >= 0.3 is 0 Å². The molecule has 0 saturated carbocycles. The first-order valence-corrected chi connectivity index (χ1v) is 5.87. The van der Waals surface area contributed by atoms with E-state index in [1.165, 1.54) is 22.6 Å². The Kier molecular flexibility index (Phi) is 2.91. The molecule has 13 heavy (non-hydrogen) atoms. The minimum Gasteiger partial charge on any atom is -0.308 e. The highest BCUT2D eigenvalue weighted by Gasteiger charge is 2.16. The molecular formula is C11H15NS. The lowest BCUT2D eigenvalue weighted by Gasteiger charge is -2.26. The van der Waals surface area contributed by atoms with Crippen LogP contribution in [0.2, 0.25) is 0 Å². The molecule has 2 rings (SSSR count). The molecule has 1 aliphatic heterocycles. The second-order valence-corrected chi connectivity index (χ2v) is 4.68. The summed E-state index contributed by atoms with van der Waals surface area (Å²) in [4.78, 5) is 0. The minimum atomic E-state index is 0.755. The third-order valence-electron chi connectivity index (χ3n) is 2.32. The van der Waals surface area contributed by atoms with Crippen molar-refractivity contribution < 1.29 is 0 Å². The zero-order chi connectivity index (χ0) is 9.10. The highest BCUT2D eigenvalue weighted by Crippen LogP contribution is 2.17. The smallest absolute Gasteiger partial charge is 0.0252 e. The maximum Gasteiger partial charge on any atom is 0.0252 e. The molecule has 1 aromatic rings. The van der Waals surface area contributed by atoms with Crippen molar-refractivity contribution in [1.82, 2.24) is 5.32 Å². The predicted molar refractivity (Wildman–Crippen MR) is 59.1 cm³/mol. The normalized spacial score (nSPS) is 17.0. The van der Waals surface area contributed by atoms with E-state index in [-0.39, 0.29) is 0 Å². The molecule has 1 aromatic carbocycles. The summed E-state index contributed by atoms with van der Waals surface area (Å²) < 4.78 is 0. The van der Waals surface area contributed by atoms with E-state index in [0.717, 1.165) is 12.6 Å². The van der Waals surface area contributed by atoms with Gasteiger partial charge in [-0.3, -0.25) is 0 Å². The molecule has 1 N–H and O–H groups in total. The van der Waals surface area contributed by atoms with Crippen LogP contribution in [-0.4, -0.2) is 17.5 Å². The van der Waals surface area contributed by atoms with E-state index < -0.39 is 0 Å². The Morgan fingerprint density at radius 2 is 2.31 bits per heavy atom. The number of benzene rings is 1. The summed E-state index contributed by atoms with van der Waals surface area (Å²) >= 11 is 2.02. The van der Waals surface area contributed by atoms with Crippen LogP contribution >= 0.6 is 11.8 Å². The van der Waals surface area contributed by atoms with Gasteiger partial charge in [0.2, 0.25) is 0 Å². The van der Waals surface area contributed by atoms with Crippen molar-refractivity contribution in [3.8, 4) is 0 Å². The number of rotatable bonds is 3. The molecule has 1 fully saturated rings. The van der Waals surface area contributed by atoms with Crippen molar-refractivity contribution in [2.24, 2.45) is 0 Å². The molecule has 0 atom stereocenters. The Bertz CT molecular complexity index is 281. The molecule has 0 aliphatic carbocycles. The molecule has 0 radical (unpaired) electrons. The summed E-state index contributed by atoms with van der Waals surface area (Å²) in [5, 5.41) is 3.54. The predicted octanol–water partition coefficient (Wildman–Crippen LogP) is 2.20. The number of hydrogen-bond donors (Lipinski definition) is 1. The minimum absolute atomic E-state index is 0.755. The fraction of sp³-hybridized carbons (Fsp3) is 0.455. The number of hydrogen-bond acceptors (Lipinski definition) is 2. The van der Waals surface area contributed by atoms with Crippen LogP contribution in [0.5, 0.6) is 0 Å². The average Bonchev–Trinajstić information content (AvgIpc) is 2.01. The molecular weight excluding hydrogens is 178 g/mol. The van der Waals surface area contributed by atoms with Gasteiger partial charge in [0.15, 0.2) is 0 Å². The lowest BCUT2D eigenvalue weighted by Crippen LogP contribution is -2.39. The lowest BCUT2D eigenvalue weighted by molar-refractivity contribution is 0.583. The molecule has 0 bridgehead atoms. The highest BCUT2D eigenvalue weighted by atomic mass is 32.2.